The van der Waals surface area contributed by atoms with E-state index in [0.717, 1.165) is 14.2 Å². The van der Waals surface area contributed by atoms with Crippen LogP contribution in [0.1, 0.15) is 12.8 Å². The first-order chi connectivity index (χ1) is 11.2. The zero-order chi connectivity index (χ0) is 18.7. The molecule has 0 saturated carbocycles. The minimum atomic E-state index is -1.39. The molecule has 0 heterocycles. The summed E-state index contributed by atoms with van der Waals surface area (Å²) in [5, 5.41) is 26.7. The minimum absolute atomic E-state index is 0.567. The Bertz CT molecular complexity index is 407. The number of carboxylic acid groups (broad SMARTS) is 2. The largest absolute Gasteiger partial charge is 0.481 e. The molecule has 0 aromatic heterocycles. The summed E-state index contributed by atoms with van der Waals surface area (Å²) in [5.74, 6) is -4.52. The summed E-state index contributed by atoms with van der Waals surface area (Å²) in [6.45, 7) is -1.13. The Labute approximate surface area is 137 Å². The van der Waals surface area contributed by atoms with Gasteiger partial charge in [0, 0.05) is 14.2 Å². The molecule has 0 aliphatic heterocycles. The van der Waals surface area contributed by atoms with Crippen molar-refractivity contribution >= 4 is 23.9 Å². The fourth-order valence-electron chi connectivity index (χ4n) is 1.43. The third kappa shape index (κ3) is 9.02. The Hall–Kier alpha value is -2.24. The SMILES string of the molecule is CO[C@@H](CC(=O)O)C(=O)OCC(O)COC(=O)[C@@H](CC(=O)O)OC. The lowest BCUT2D eigenvalue weighted by atomic mass is 10.2. The van der Waals surface area contributed by atoms with E-state index in [0.29, 0.717) is 0 Å². The van der Waals surface area contributed by atoms with E-state index in [9.17, 15) is 24.3 Å². The van der Waals surface area contributed by atoms with E-state index < -0.39 is 68.2 Å². The molecule has 138 valence electrons. The van der Waals surface area contributed by atoms with E-state index in [1.54, 1.807) is 0 Å². The fraction of sp³-hybridized carbons (Fsp3) is 0.692. The van der Waals surface area contributed by atoms with Gasteiger partial charge in [-0.25, -0.2) is 9.59 Å². The number of ether oxygens (including phenoxy) is 4. The van der Waals surface area contributed by atoms with Crippen LogP contribution in [0.2, 0.25) is 0 Å². The van der Waals surface area contributed by atoms with Gasteiger partial charge in [0.2, 0.25) is 0 Å². The van der Waals surface area contributed by atoms with Crippen LogP contribution in [0.4, 0.5) is 0 Å². The van der Waals surface area contributed by atoms with Crippen LogP contribution in [0.3, 0.4) is 0 Å². The van der Waals surface area contributed by atoms with Crippen molar-refractivity contribution in [3.63, 3.8) is 0 Å². The summed E-state index contributed by atoms with van der Waals surface area (Å²) >= 11 is 0. The Morgan fingerprint density at radius 2 is 1.12 bits per heavy atom. The maximum absolute atomic E-state index is 11.5. The molecule has 24 heavy (non-hydrogen) atoms. The van der Waals surface area contributed by atoms with Gasteiger partial charge in [0.15, 0.2) is 12.2 Å². The number of esters is 2. The van der Waals surface area contributed by atoms with E-state index >= 15 is 0 Å². The summed E-state index contributed by atoms with van der Waals surface area (Å²) in [6, 6.07) is 0. The monoisotopic (exact) mass is 352 g/mol. The first-order valence-electron chi connectivity index (χ1n) is 6.71. The summed E-state index contributed by atoms with van der Waals surface area (Å²) in [4.78, 5) is 44.0. The molecule has 0 aliphatic rings. The number of carbonyl (C=O) groups excluding carboxylic acids is 2. The standard InChI is InChI=1S/C13H20O11/c1-21-8(3-10(15)16)12(19)23-5-7(14)6-24-13(20)9(22-2)4-11(17)18/h7-9,14H,3-6H2,1-2H3,(H,15,16)(H,17,18)/t7?,8-,9+. The fourth-order valence-corrected chi connectivity index (χ4v) is 1.43. The number of methoxy groups -OCH3 is 2. The van der Waals surface area contributed by atoms with Crippen LogP contribution < -0.4 is 0 Å². The van der Waals surface area contributed by atoms with Gasteiger partial charge in [-0.1, -0.05) is 0 Å². The first kappa shape index (κ1) is 21.8. The number of rotatable bonds is 12. The molecule has 11 heteroatoms. The van der Waals surface area contributed by atoms with Crippen molar-refractivity contribution < 1.29 is 53.4 Å². The summed E-state index contributed by atoms with van der Waals surface area (Å²) < 4.78 is 18.6. The maximum atomic E-state index is 11.5. The van der Waals surface area contributed by atoms with Gasteiger partial charge >= 0.3 is 23.9 Å². The highest BCUT2D eigenvalue weighted by molar-refractivity contribution is 5.81. The molecule has 3 N–H and O–H groups in total. The smallest absolute Gasteiger partial charge is 0.335 e. The molecule has 11 nitrogen and oxygen atoms in total. The quantitative estimate of drug-likeness (QED) is 0.347. The third-order valence-corrected chi connectivity index (χ3v) is 2.65. The molecule has 0 aromatic rings. The zero-order valence-corrected chi connectivity index (χ0v) is 13.2. The second-order valence-corrected chi connectivity index (χ2v) is 4.56. The number of hydrogen-bond donors (Lipinski definition) is 3. The lowest BCUT2D eigenvalue weighted by molar-refractivity contribution is -0.168. The highest BCUT2D eigenvalue weighted by Gasteiger charge is 2.25. The molecule has 3 atom stereocenters. The molecule has 0 amide bonds. The summed E-state index contributed by atoms with van der Waals surface area (Å²) in [5.41, 5.74) is 0. The zero-order valence-electron chi connectivity index (χ0n) is 13.2. The number of carbonyl (C=O) groups is 4. The van der Waals surface area contributed by atoms with E-state index in [4.69, 9.17) is 10.2 Å². The van der Waals surface area contributed by atoms with E-state index in [1.807, 2.05) is 0 Å². The molecule has 0 radical (unpaired) electrons. The van der Waals surface area contributed by atoms with Crippen molar-refractivity contribution in [2.24, 2.45) is 0 Å². The number of aliphatic hydroxyl groups excluding tert-OH is 1. The van der Waals surface area contributed by atoms with Gasteiger partial charge in [-0.3, -0.25) is 9.59 Å². The van der Waals surface area contributed by atoms with Gasteiger partial charge in [-0.15, -0.1) is 0 Å². The molecule has 0 bridgehead atoms. The molecule has 0 aromatic carbocycles. The lowest BCUT2D eigenvalue weighted by Crippen LogP contribution is -2.34. The summed E-state index contributed by atoms with van der Waals surface area (Å²) in [6.07, 6.45) is -5.25. The van der Waals surface area contributed by atoms with Crippen LogP contribution in [0.25, 0.3) is 0 Å². The Kier molecular flexibility index (Phi) is 10.3. The summed E-state index contributed by atoms with van der Waals surface area (Å²) in [7, 11) is 2.25. The molecule has 1 unspecified atom stereocenters. The average Bonchev–Trinajstić information content (AvgIpc) is 2.52. The Balaban J connectivity index is 4.23. The maximum Gasteiger partial charge on any atom is 0.335 e. The van der Waals surface area contributed by atoms with Crippen molar-refractivity contribution in [3.05, 3.63) is 0 Å². The van der Waals surface area contributed by atoms with Gasteiger partial charge in [-0.2, -0.15) is 0 Å². The first-order valence-corrected chi connectivity index (χ1v) is 6.71. The number of carboxylic acids is 2. The molecule has 0 aliphatic carbocycles. The van der Waals surface area contributed by atoms with Gasteiger partial charge in [0.05, 0.1) is 12.8 Å². The number of aliphatic hydroxyl groups is 1. The normalized spacial score (nSPS) is 14.3. The molecular formula is C13H20O11. The van der Waals surface area contributed by atoms with Crippen molar-refractivity contribution in [1.82, 2.24) is 0 Å². The van der Waals surface area contributed by atoms with Crippen LogP contribution in [0.5, 0.6) is 0 Å². The predicted molar refractivity (Wildman–Crippen MR) is 74.0 cm³/mol. The van der Waals surface area contributed by atoms with E-state index in [1.165, 1.54) is 0 Å². The minimum Gasteiger partial charge on any atom is -0.481 e. The van der Waals surface area contributed by atoms with Crippen LogP contribution >= 0.6 is 0 Å². The highest BCUT2D eigenvalue weighted by Crippen LogP contribution is 2.03. The van der Waals surface area contributed by atoms with Gasteiger partial charge in [0.25, 0.3) is 0 Å². The molecule has 0 saturated heterocycles. The topological polar surface area (TPSA) is 166 Å². The van der Waals surface area contributed by atoms with Crippen molar-refractivity contribution in [1.29, 1.82) is 0 Å². The van der Waals surface area contributed by atoms with Gasteiger partial charge < -0.3 is 34.3 Å². The predicted octanol–water partition coefficient (Wildman–Crippen LogP) is -1.59. The van der Waals surface area contributed by atoms with Crippen molar-refractivity contribution in [2.45, 2.75) is 31.2 Å². The second kappa shape index (κ2) is 11.3. The third-order valence-electron chi connectivity index (χ3n) is 2.65. The lowest BCUT2D eigenvalue weighted by Gasteiger charge is -2.17. The number of aliphatic carboxylic acids is 2. The molecule has 0 rings (SSSR count). The number of hydrogen-bond acceptors (Lipinski definition) is 9. The van der Waals surface area contributed by atoms with Crippen LogP contribution in [0.15, 0.2) is 0 Å². The Morgan fingerprint density at radius 3 is 1.38 bits per heavy atom. The molecular weight excluding hydrogens is 332 g/mol. The van der Waals surface area contributed by atoms with Crippen LogP contribution in [-0.2, 0) is 38.1 Å². The highest BCUT2D eigenvalue weighted by atomic mass is 16.6. The van der Waals surface area contributed by atoms with Crippen molar-refractivity contribution in [2.75, 3.05) is 27.4 Å². The van der Waals surface area contributed by atoms with E-state index in [-0.39, 0.29) is 0 Å². The second-order valence-electron chi connectivity index (χ2n) is 4.56. The Morgan fingerprint density at radius 1 is 0.792 bits per heavy atom. The van der Waals surface area contributed by atoms with Gasteiger partial charge in [-0.05, 0) is 0 Å². The average molecular weight is 352 g/mol. The van der Waals surface area contributed by atoms with E-state index in [2.05, 4.69) is 18.9 Å². The van der Waals surface area contributed by atoms with Crippen molar-refractivity contribution in [3.8, 4) is 0 Å². The van der Waals surface area contributed by atoms with Crippen LogP contribution in [0, 0.1) is 0 Å². The molecule has 0 fully saturated rings. The molecule has 0 spiro atoms. The van der Waals surface area contributed by atoms with Gasteiger partial charge in [0.1, 0.15) is 19.3 Å². The van der Waals surface area contributed by atoms with Crippen LogP contribution in [-0.4, -0.2) is 84.9 Å².